The Morgan fingerprint density at radius 3 is 2.21 bits per heavy atom. The number of phenolic OH excluding ortho intramolecular Hbond substituents is 1. The average Bonchev–Trinajstić information content (AvgIpc) is 2.75. The highest BCUT2D eigenvalue weighted by atomic mass is 16.5. The molecule has 2 atom stereocenters. The van der Waals surface area contributed by atoms with E-state index in [0.717, 1.165) is 24.1 Å². The minimum absolute atomic E-state index is 0.0700. The summed E-state index contributed by atoms with van der Waals surface area (Å²) in [6.45, 7) is 9.39. The number of esters is 1. The predicted octanol–water partition coefficient (Wildman–Crippen LogP) is 3.91. The zero-order valence-corrected chi connectivity index (χ0v) is 19.8. The number of rotatable bonds is 12. The molecule has 2 rings (SSSR count). The Morgan fingerprint density at radius 2 is 1.64 bits per heavy atom. The van der Waals surface area contributed by atoms with Crippen LogP contribution in [-0.4, -0.2) is 56.9 Å². The predicted molar refractivity (Wildman–Crippen MR) is 126 cm³/mol. The van der Waals surface area contributed by atoms with Crippen LogP contribution in [0.2, 0.25) is 0 Å². The number of carboxylic acids is 1. The maximum atomic E-state index is 11.9. The molecule has 0 fully saturated rings. The van der Waals surface area contributed by atoms with E-state index in [9.17, 15) is 19.8 Å². The van der Waals surface area contributed by atoms with Crippen molar-refractivity contribution in [3.8, 4) is 5.75 Å². The summed E-state index contributed by atoms with van der Waals surface area (Å²) < 4.78 is 5.09. The van der Waals surface area contributed by atoms with Gasteiger partial charge in [-0.15, -0.1) is 0 Å². The number of benzene rings is 2. The molecule has 0 saturated carbocycles. The summed E-state index contributed by atoms with van der Waals surface area (Å²) in [6, 6.07) is 15.8. The second kappa shape index (κ2) is 12.4. The fourth-order valence-corrected chi connectivity index (χ4v) is 4.05. The molecule has 0 aliphatic heterocycles. The van der Waals surface area contributed by atoms with Crippen LogP contribution in [0.5, 0.6) is 5.75 Å². The number of carbonyl (C=O) groups is 2. The molecule has 0 amide bonds. The van der Waals surface area contributed by atoms with Gasteiger partial charge in [0.1, 0.15) is 12.4 Å². The lowest BCUT2D eigenvalue weighted by molar-refractivity contribution is -0.159. The summed E-state index contributed by atoms with van der Waals surface area (Å²) in [5.74, 6) is -2.19. The van der Waals surface area contributed by atoms with Crippen LogP contribution in [0.1, 0.15) is 63.1 Å². The monoisotopic (exact) mass is 457 g/mol. The fourth-order valence-electron chi connectivity index (χ4n) is 4.05. The molecular weight excluding hydrogens is 422 g/mol. The average molecular weight is 458 g/mol. The van der Waals surface area contributed by atoms with Gasteiger partial charge in [-0.2, -0.15) is 0 Å². The van der Waals surface area contributed by atoms with Gasteiger partial charge in [-0.1, -0.05) is 36.4 Å². The second-order valence-corrected chi connectivity index (χ2v) is 8.79. The summed E-state index contributed by atoms with van der Waals surface area (Å²) in [5, 5.41) is 29.0. The van der Waals surface area contributed by atoms with E-state index in [-0.39, 0.29) is 18.3 Å². The van der Waals surface area contributed by atoms with Crippen molar-refractivity contribution in [2.75, 3.05) is 6.54 Å². The zero-order chi connectivity index (χ0) is 24.5. The van der Waals surface area contributed by atoms with Gasteiger partial charge in [0.15, 0.2) is 6.10 Å². The molecule has 180 valence electrons. The van der Waals surface area contributed by atoms with Gasteiger partial charge in [0.25, 0.3) is 0 Å². The fraction of sp³-hybridized carbons (Fsp3) is 0.462. The molecule has 0 unspecified atom stereocenters. The van der Waals surface area contributed by atoms with Crippen molar-refractivity contribution < 1.29 is 29.6 Å². The molecular formula is C26H35NO6. The summed E-state index contributed by atoms with van der Waals surface area (Å²) in [6.07, 6.45) is -1.64. The maximum Gasteiger partial charge on any atom is 0.335 e. The van der Waals surface area contributed by atoms with E-state index in [1.807, 2.05) is 30.3 Å². The Morgan fingerprint density at radius 1 is 1.00 bits per heavy atom. The number of hydrogen-bond donors (Lipinski definition) is 3. The van der Waals surface area contributed by atoms with Gasteiger partial charge in [-0.25, -0.2) is 4.79 Å². The number of aliphatic carboxylic acids is 1. The largest absolute Gasteiger partial charge is 0.508 e. The Hall–Kier alpha value is -2.90. The molecule has 0 aromatic heterocycles. The minimum Gasteiger partial charge on any atom is -0.508 e. The number of ether oxygens (including phenoxy) is 1. The van der Waals surface area contributed by atoms with Crippen LogP contribution in [0.3, 0.4) is 0 Å². The normalized spacial score (nSPS) is 13.3. The SMILES string of the molecule is CC(C)N(CC[C@H](c1ccccc1)c1cc(COC(=O)[C@@H](O)CC(=O)O)ccc1O)C(C)C. The van der Waals surface area contributed by atoms with Gasteiger partial charge in [-0.05, 0) is 63.9 Å². The van der Waals surface area contributed by atoms with Crippen molar-refractivity contribution in [2.45, 2.75) is 71.2 Å². The molecule has 0 saturated heterocycles. The van der Waals surface area contributed by atoms with Crippen LogP contribution >= 0.6 is 0 Å². The first-order chi connectivity index (χ1) is 15.6. The number of nitrogens with zero attached hydrogens (tertiary/aromatic N) is 1. The van der Waals surface area contributed by atoms with Crippen molar-refractivity contribution in [3.63, 3.8) is 0 Å². The maximum absolute atomic E-state index is 11.9. The molecule has 3 N–H and O–H groups in total. The Kier molecular flexibility index (Phi) is 9.88. The third kappa shape index (κ3) is 7.87. The quantitative estimate of drug-likeness (QED) is 0.415. The highest BCUT2D eigenvalue weighted by Gasteiger charge is 2.23. The number of aliphatic hydroxyl groups is 1. The van der Waals surface area contributed by atoms with Gasteiger partial charge >= 0.3 is 11.9 Å². The molecule has 0 heterocycles. The smallest absolute Gasteiger partial charge is 0.335 e. The van der Waals surface area contributed by atoms with Crippen molar-refractivity contribution in [3.05, 3.63) is 65.2 Å². The van der Waals surface area contributed by atoms with Gasteiger partial charge in [-0.3, -0.25) is 9.69 Å². The van der Waals surface area contributed by atoms with Crippen LogP contribution in [0, 0.1) is 0 Å². The first kappa shape index (κ1) is 26.4. The Labute approximate surface area is 195 Å². The molecule has 0 bridgehead atoms. The highest BCUT2D eigenvalue weighted by Crippen LogP contribution is 2.35. The van der Waals surface area contributed by atoms with Gasteiger partial charge < -0.3 is 20.1 Å². The molecule has 2 aromatic rings. The standard InChI is InChI=1S/C26H35NO6/c1-17(2)27(18(3)4)13-12-21(20-8-6-5-7-9-20)22-14-19(10-11-23(22)28)16-33-26(32)24(29)15-25(30)31/h5-11,14,17-18,21,24,28-29H,12-13,15-16H2,1-4H3,(H,30,31)/t21-,24+/m1/s1. The van der Waals surface area contributed by atoms with E-state index in [4.69, 9.17) is 9.84 Å². The first-order valence-corrected chi connectivity index (χ1v) is 11.3. The first-order valence-electron chi connectivity index (χ1n) is 11.3. The summed E-state index contributed by atoms with van der Waals surface area (Å²) >= 11 is 0. The molecule has 0 aliphatic carbocycles. The molecule has 0 spiro atoms. The third-order valence-electron chi connectivity index (χ3n) is 5.69. The topological polar surface area (TPSA) is 107 Å². The number of hydrogen-bond acceptors (Lipinski definition) is 6. The van der Waals surface area contributed by atoms with E-state index in [0.29, 0.717) is 17.6 Å². The summed E-state index contributed by atoms with van der Waals surface area (Å²) in [5.41, 5.74) is 2.45. The number of carbonyl (C=O) groups excluding carboxylic acids is 1. The van der Waals surface area contributed by atoms with Crippen molar-refractivity contribution in [1.82, 2.24) is 4.90 Å². The summed E-state index contributed by atoms with van der Waals surface area (Å²) in [4.78, 5) is 25.0. The Balaban J connectivity index is 2.26. The Bertz CT molecular complexity index is 904. The lowest BCUT2D eigenvalue weighted by Crippen LogP contribution is -2.38. The lowest BCUT2D eigenvalue weighted by atomic mass is 9.86. The number of aromatic hydroxyl groups is 1. The van der Waals surface area contributed by atoms with Crippen LogP contribution in [0.25, 0.3) is 0 Å². The van der Waals surface area contributed by atoms with E-state index in [2.05, 4.69) is 32.6 Å². The van der Waals surface area contributed by atoms with E-state index >= 15 is 0 Å². The molecule has 7 nitrogen and oxygen atoms in total. The van der Waals surface area contributed by atoms with Crippen molar-refractivity contribution in [2.24, 2.45) is 0 Å². The zero-order valence-electron chi connectivity index (χ0n) is 19.8. The summed E-state index contributed by atoms with van der Waals surface area (Å²) in [7, 11) is 0. The van der Waals surface area contributed by atoms with E-state index in [1.165, 1.54) is 0 Å². The molecule has 0 aliphatic rings. The lowest BCUT2D eigenvalue weighted by Gasteiger charge is -2.32. The third-order valence-corrected chi connectivity index (χ3v) is 5.69. The van der Waals surface area contributed by atoms with Gasteiger partial charge in [0.05, 0.1) is 6.42 Å². The van der Waals surface area contributed by atoms with E-state index in [1.54, 1.807) is 18.2 Å². The molecule has 2 aromatic carbocycles. The number of aliphatic hydroxyl groups excluding tert-OH is 1. The second-order valence-electron chi connectivity index (χ2n) is 8.79. The molecule has 7 heteroatoms. The highest BCUT2D eigenvalue weighted by molar-refractivity contribution is 5.80. The van der Waals surface area contributed by atoms with Crippen molar-refractivity contribution in [1.29, 1.82) is 0 Å². The van der Waals surface area contributed by atoms with Crippen LogP contribution in [-0.2, 0) is 20.9 Å². The van der Waals surface area contributed by atoms with Crippen LogP contribution in [0.15, 0.2) is 48.5 Å². The number of carboxylic acid groups (broad SMARTS) is 1. The molecule has 0 radical (unpaired) electrons. The molecule has 33 heavy (non-hydrogen) atoms. The van der Waals surface area contributed by atoms with Crippen LogP contribution in [0.4, 0.5) is 0 Å². The van der Waals surface area contributed by atoms with Crippen LogP contribution < -0.4 is 0 Å². The minimum atomic E-state index is -1.71. The van der Waals surface area contributed by atoms with Gasteiger partial charge in [0, 0.05) is 23.6 Å². The van der Waals surface area contributed by atoms with Gasteiger partial charge in [0.2, 0.25) is 0 Å². The van der Waals surface area contributed by atoms with E-state index < -0.39 is 24.5 Å². The number of phenols is 1. The van der Waals surface area contributed by atoms with Crippen molar-refractivity contribution >= 4 is 11.9 Å².